The van der Waals surface area contributed by atoms with E-state index in [2.05, 4.69) is 15.5 Å². The maximum absolute atomic E-state index is 12.5. The van der Waals surface area contributed by atoms with Crippen molar-refractivity contribution in [1.29, 1.82) is 0 Å². The maximum Gasteiger partial charge on any atom is 0.234 e. The van der Waals surface area contributed by atoms with Gasteiger partial charge in [-0.2, -0.15) is 0 Å². The molecule has 0 spiro atoms. The summed E-state index contributed by atoms with van der Waals surface area (Å²) in [6.07, 6.45) is 0. The molecular weight excluding hydrogens is 384 g/mol. The van der Waals surface area contributed by atoms with Crippen molar-refractivity contribution < 1.29 is 9.53 Å². The first kappa shape index (κ1) is 19.0. The van der Waals surface area contributed by atoms with E-state index in [0.29, 0.717) is 5.16 Å². The molecular formula is C22H20N4O2S. The number of amides is 1. The van der Waals surface area contributed by atoms with Gasteiger partial charge in [0.2, 0.25) is 5.91 Å². The molecule has 3 aromatic carbocycles. The number of ether oxygens (including phenoxy) is 1. The van der Waals surface area contributed by atoms with Gasteiger partial charge >= 0.3 is 0 Å². The minimum absolute atomic E-state index is 0.0943. The van der Waals surface area contributed by atoms with Gasteiger partial charge in [0.1, 0.15) is 11.6 Å². The van der Waals surface area contributed by atoms with Crippen molar-refractivity contribution in [2.24, 2.45) is 0 Å². The molecule has 29 heavy (non-hydrogen) atoms. The van der Waals surface area contributed by atoms with Crippen molar-refractivity contribution in [3.8, 4) is 11.4 Å². The van der Waals surface area contributed by atoms with Gasteiger partial charge in [0.05, 0.1) is 18.6 Å². The van der Waals surface area contributed by atoms with Crippen LogP contribution in [0, 0.1) is 6.92 Å². The molecule has 4 rings (SSSR count). The number of nitrogens with one attached hydrogen (secondary N) is 1. The highest BCUT2D eigenvalue weighted by atomic mass is 32.2. The van der Waals surface area contributed by atoms with Crippen LogP contribution in [0.5, 0.6) is 5.75 Å². The lowest BCUT2D eigenvalue weighted by Gasteiger charge is -2.10. The monoisotopic (exact) mass is 404 g/mol. The van der Waals surface area contributed by atoms with Crippen molar-refractivity contribution in [1.82, 2.24) is 14.8 Å². The summed E-state index contributed by atoms with van der Waals surface area (Å²) in [7, 11) is 1.63. The number of carbonyl (C=O) groups is 1. The fourth-order valence-corrected chi connectivity index (χ4v) is 3.88. The van der Waals surface area contributed by atoms with E-state index in [1.54, 1.807) is 7.11 Å². The van der Waals surface area contributed by atoms with Crippen molar-refractivity contribution in [3.05, 3.63) is 72.6 Å². The summed E-state index contributed by atoms with van der Waals surface area (Å²) in [5.41, 5.74) is 1.67. The number of aryl methyl sites for hydroxylation is 1. The van der Waals surface area contributed by atoms with Gasteiger partial charge in [0.15, 0.2) is 5.16 Å². The second kappa shape index (κ2) is 8.36. The molecule has 1 amide bonds. The van der Waals surface area contributed by atoms with E-state index < -0.39 is 0 Å². The predicted molar refractivity (Wildman–Crippen MR) is 116 cm³/mol. The van der Waals surface area contributed by atoms with Gasteiger partial charge in [-0.25, -0.2) is 0 Å². The fraction of sp³-hybridized carbons (Fsp3) is 0.136. The molecule has 1 aromatic heterocycles. The van der Waals surface area contributed by atoms with E-state index in [1.165, 1.54) is 11.8 Å². The topological polar surface area (TPSA) is 69.0 Å². The van der Waals surface area contributed by atoms with Crippen LogP contribution in [0.2, 0.25) is 0 Å². The smallest absolute Gasteiger partial charge is 0.234 e. The van der Waals surface area contributed by atoms with Crippen LogP contribution in [0.1, 0.15) is 5.82 Å². The summed E-state index contributed by atoms with van der Waals surface area (Å²) >= 11 is 1.34. The molecule has 0 radical (unpaired) electrons. The third-order valence-corrected chi connectivity index (χ3v) is 5.40. The summed E-state index contributed by atoms with van der Waals surface area (Å²) in [5, 5.41) is 14.2. The summed E-state index contributed by atoms with van der Waals surface area (Å²) in [6, 6.07) is 21.6. The zero-order chi connectivity index (χ0) is 20.2. The minimum Gasteiger partial charge on any atom is -0.497 e. The molecule has 146 valence electrons. The van der Waals surface area contributed by atoms with Crippen LogP contribution in [0.4, 0.5) is 5.69 Å². The Hall–Kier alpha value is -3.32. The van der Waals surface area contributed by atoms with Crippen LogP contribution in [0.25, 0.3) is 16.5 Å². The zero-order valence-electron chi connectivity index (χ0n) is 16.1. The lowest BCUT2D eigenvalue weighted by molar-refractivity contribution is -0.113. The molecule has 0 aliphatic heterocycles. The number of aromatic nitrogens is 3. The van der Waals surface area contributed by atoms with Gasteiger partial charge in [-0.15, -0.1) is 10.2 Å². The molecule has 4 aromatic rings. The Morgan fingerprint density at radius 2 is 1.86 bits per heavy atom. The van der Waals surface area contributed by atoms with E-state index in [4.69, 9.17) is 4.74 Å². The van der Waals surface area contributed by atoms with Crippen molar-refractivity contribution >= 4 is 34.1 Å². The molecule has 0 aliphatic rings. The molecule has 0 unspecified atom stereocenters. The Labute approximate surface area is 172 Å². The first-order valence-electron chi connectivity index (χ1n) is 9.12. The number of nitrogens with zero attached hydrogens (tertiary/aromatic N) is 3. The second-order valence-electron chi connectivity index (χ2n) is 6.47. The standard InChI is InChI=1S/C22H20N4O2S/c1-15-24-25-22(26(15)19-8-5-9-20(13-19)28-2)29-14-21(27)23-18-11-10-16-6-3-4-7-17(16)12-18/h3-13H,14H2,1-2H3,(H,23,27). The third kappa shape index (κ3) is 4.25. The highest BCUT2D eigenvalue weighted by molar-refractivity contribution is 7.99. The SMILES string of the molecule is COc1cccc(-n2c(C)nnc2SCC(=O)Nc2ccc3ccccc3c2)c1. The highest BCUT2D eigenvalue weighted by Gasteiger charge is 2.14. The summed E-state index contributed by atoms with van der Waals surface area (Å²) in [4.78, 5) is 12.5. The third-order valence-electron chi connectivity index (χ3n) is 4.47. The van der Waals surface area contributed by atoms with Crippen molar-refractivity contribution in [3.63, 3.8) is 0 Å². The van der Waals surface area contributed by atoms with Crippen LogP contribution < -0.4 is 10.1 Å². The summed E-state index contributed by atoms with van der Waals surface area (Å²) < 4.78 is 7.22. The van der Waals surface area contributed by atoms with Crippen molar-refractivity contribution in [2.45, 2.75) is 12.1 Å². The van der Waals surface area contributed by atoms with E-state index in [-0.39, 0.29) is 11.7 Å². The molecule has 0 saturated heterocycles. The molecule has 7 heteroatoms. The number of fused-ring (bicyclic) bond motifs is 1. The van der Waals surface area contributed by atoms with Gasteiger partial charge in [-0.3, -0.25) is 9.36 Å². The number of hydrogen-bond donors (Lipinski definition) is 1. The fourth-order valence-electron chi connectivity index (χ4n) is 3.08. The molecule has 1 N–H and O–H groups in total. The first-order valence-corrected chi connectivity index (χ1v) is 10.1. The Kier molecular flexibility index (Phi) is 5.48. The van der Waals surface area contributed by atoms with Gasteiger partial charge in [-0.05, 0) is 42.0 Å². The van der Waals surface area contributed by atoms with Crippen LogP contribution >= 0.6 is 11.8 Å². The normalized spacial score (nSPS) is 10.8. The van der Waals surface area contributed by atoms with E-state index in [0.717, 1.165) is 33.7 Å². The lowest BCUT2D eigenvalue weighted by atomic mass is 10.1. The molecule has 6 nitrogen and oxygen atoms in total. The van der Waals surface area contributed by atoms with E-state index >= 15 is 0 Å². The number of thioether (sulfide) groups is 1. The highest BCUT2D eigenvalue weighted by Crippen LogP contribution is 2.25. The predicted octanol–water partition coefficient (Wildman–Crippen LogP) is 4.47. The van der Waals surface area contributed by atoms with Gasteiger partial charge in [0.25, 0.3) is 0 Å². The summed E-state index contributed by atoms with van der Waals surface area (Å²) in [5.74, 6) is 1.63. The van der Waals surface area contributed by atoms with E-state index in [9.17, 15) is 4.79 Å². The second-order valence-corrected chi connectivity index (χ2v) is 7.41. The Bertz CT molecular complexity index is 1170. The number of carbonyl (C=O) groups excluding carboxylic acids is 1. The molecule has 0 saturated carbocycles. The summed E-state index contributed by atoms with van der Waals surface area (Å²) in [6.45, 7) is 1.88. The van der Waals surface area contributed by atoms with Crippen LogP contribution in [-0.2, 0) is 4.79 Å². The zero-order valence-corrected chi connectivity index (χ0v) is 16.9. The Morgan fingerprint density at radius 3 is 2.69 bits per heavy atom. The van der Waals surface area contributed by atoms with Gasteiger partial charge in [0, 0.05) is 11.8 Å². The van der Waals surface area contributed by atoms with Crippen LogP contribution in [0.15, 0.2) is 71.9 Å². The van der Waals surface area contributed by atoms with Gasteiger partial charge < -0.3 is 10.1 Å². The molecule has 0 aliphatic carbocycles. The number of methoxy groups -OCH3 is 1. The van der Waals surface area contributed by atoms with E-state index in [1.807, 2.05) is 78.2 Å². The molecule has 0 bridgehead atoms. The molecule has 0 fully saturated rings. The average molecular weight is 404 g/mol. The number of anilines is 1. The number of rotatable bonds is 6. The Morgan fingerprint density at radius 1 is 1.03 bits per heavy atom. The first-order chi connectivity index (χ1) is 14.1. The Balaban J connectivity index is 1.46. The minimum atomic E-state index is -0.0943. The number of hydrogen-bond acceptors (Lipinski definition) is 5. The van der Waals surface area contributed by atoms with Crippen molar-refractivity contribution in [2.75, 3.05) is 18.2 Å². The number of benzene rings is 3. The average Bonchev–Trinajstić information content (AvgIpc) is 3.12. The van der Waals surface area contributed by atoms with Crippen LogP contribution in [0.3, 0.4) is 0 Å². The quantitative estimate of drug-likeness (QED) is 0.480. The van der Waals surface area contributed by atoms with Gasteiger partial charge in [-0.1, -0.05) is 48.2 Å². The molecule has 0 atom stereocenters. The molecule has 1 heterocycles. The maximum atomic E-state index is 12.5. The lowest BCUT2D eigenvalue weighted by Crippen LogP contribution is -2.14. The van der Waals surface area contributed by atoms with Crippen LogP contribution in [-0.4, -0.2) is 33.5 Å². The largest absolute Gasteiger partial charge is 0.497 e.